The van der Waals surface area contributed by atoms with E-state index in [1.54, 1.807) is 49.7 Å². The van der Waals surface area contributed by atoms with Crippen LogP contribution in [-0.4, -0.2) is 114 Å². The molecule has 20 heteroatoms. The number of amidine groups is 1. The van der Waals surface area contributed by atoms with Crippen molar-refractivity contribution in [3.8, 4) is 0 Å². The van der Waals surface area contributed by atoms with Crippen LogP contribution in [0.25, 0.3) is 10.9 Å². The van der Waals surface area contributed by atoms with Crippen LogP contribution >= 0.6 is 0 Å². The number of aliphatic imine (C=N–C) groups is 1. The Morgan fingerprint density at radius 1 is 0.879 bits per heavy atom. The summed E-state index contributed by atoms with van der Waals surface area (Å²) in [5, 5.41) is 17.3. The van der Waals surface area contributed by atoms with Crippen LogP contribution in [0.2, 0.25) is 0 Å². The van der Waals surface area contributed by atoms with E-state index in [0.29, 0.717) is 81.6 Å². The molecule has 0 saturated heterocycles. The number of pyridine rings is 1. The van der Waals surface area contributed by atoms with Crippen molar-refractivity contribution in [2.24, 2.45) is 4.99 Å². The van der Waals surface area contributed by atoms with Crippen molar-refractivity contribution in [1.82, 2.24) is 41.2 Å². The van der Waals surface area contributed by atoms with Crippen molar-refractivity contribution in [2.45, 2.75) is 103 Å². The highest BCUT2D eigenvalue weighted by atomic mass is 32.2. The van der Waals surface area contributed by atoms with Gasteiger partial charge in [0.25, 0.3) is 5.91 Å². The van der Waals surface area contributed by atoms with Crippen molar-refractivity contribution in [2.75, 3.05) is 53.6 Å². The zero-order chi connectivity index (χ0) is 48.2. The third-order valence-corrected chi connectivity index (χ3v) is 12.5. The maximum atomic E-state index is 13.9. The smallest absolute Gasteiger partial charge is 0.325 e. The highest BCUT2D eigenvalue weighted by Gasteiger charge is 2.30. The third-order valence-electron chi connectivity index (χ3n) is 10.7. The van der Waals surface area contributed by atoms with E-state index in [-0.39, 0.29) is 65.5 Å². The summed E-state index contributed by atoms with van der Waals surface area (Å²) in [7, 11) is -1.41. The number of nitrogens with zero attached hydrogens (tertiary/aromatic N) is 2. The molecule has 1 aliphatic heterocycles. The first-order chi connectivity index (χ1) is 31.6. The fourth-order valence-electron chi connectivity index (χ4n) is 7.42. The molecule has 1 unspecified atom stereocenters. The maximum Gasteiger partial charge on any atom is 0.325 e. The van der Waals surface area contributed by atoms with E-state index in [9.17, 15) is 37.2 Å². The molecule has 7 N–H and O–H groups in total. The first-order valence-corrected chi connectivity index (χ1v) is 23.7. The molecule has 3 aromatic rings. The first-order valence-electron chi connectivity index (χ1n) is 22.2. The van der Waals surface area contributed by atoms with Gasteiger partial charge in [-0.25, -0.2) is 8.42 Å². The minimum absolute atomic E-state index is 0.00264. The summed E-state index contributed by atoms with van der Waals surface area (Å²) in [6, 6.07) is 6.89. The van der Waals surface area contributed by atoms with Gasteiger partial charge in [0, 0.05) is 76.8 Å². The van der Waals surface area contributed by atoms with E-state index in [0.717, 1.165) is 24.1 Å². The molecule has 0 saturated carbocycles. The first kappa shape index (κ1) is 52.7. The average molecular weight is 936 g/mol. The summed E-state index contributed by atoms with van der Waals surface area (Å²) in [5.74, 6) is -1.59. The summed E-state index contributed by atoms with van der Waals surface area (Å²) >= 11 is 0. The number of aryl methyl sites for hydroxylation is 4. The van der Waals surface area contributed by atoms with E-state index in [1.165, 1.54) is 6.20 Å². The third kappa shape index (κ3) is 15.9. The molecule has 4 rings (SSSR count). The lowest BCUT2D eigenvalue weighted by Gasteiger charge is -2.20. The second-order valence-corrected chi connectivity index (χ2v) is 17.6. The van der Waals surface area contributed by atoms with Crippen LogP contribution in [-0.2, 0) is 51.8 Å². The minimum Gasteiger partial charge on any atom is -0.468 e. The molecular formula is C46H65N9O10S. The van der Waals surface area contributed by atoms with Crippen LogP contribution in [0.3, 0.4) is 0 Å². The summed E-state index contributed by atoms with van der Waals surface area (Å²) in [4.78, 5) is 82.0. The van der Waals surface area contributed by atoms with Gasteiger partial charge in [-0.05, 0) is 88.5 Å². The number of benzene rings is 2. The highest BCUT2D eigenvalue weighted by molar-refractivity contribution is 7.89. The Morgan fingerprint density at radius 2 is 1.53 bits per heavy atom. The summed E-state index contributed by atoms with van der Waals surface area (Å²) < 4.78 is 41.6. The molecule has 0 fully saturated rings. The molecule has 66 heavy (non-hydrogen) atoms. The molecule has 1 aromatic heterocycles. The number of hydrogen-bond acceptors (Lipinski definition) is 12. The van der Waals surface area contributed by atoms with E-state index in [2.05, 4.69) is 41.6 Å². The number of aromatic nitrogens is 1. The number of carbonyl (C=O) groups is 5. The largest absolute Gasteiger partial charge is 0.468 e. The SMILES string of the molecule is CCC(NC)C(=O)NCCCOCCCNC(=O)CCC(=O)NCCCn1cc(C(=O)NC[C@H](NS(=O)(=O)c2c(C)cc(C)cc2C)C(=O)OC)c(=O)c2ccc(CN=C3CC=CN3)cc21. The van der Waals surface area contributed by atoms with Gasteiger partial charge in [0.15, 0.2) is 0 Å². The molecule has 2 heterocycles. The molecule has 0 radical (unpaired) electrons. The number of sulfonamides is 1. The Morgan fingerprint density at radius 3 is 2.14 bits per heavy atom. The van der Waals surface area contributed by atoms with Gasteiger partial charge < -0.3 is 45.9 Å². The van der Waals surface area contributed by atoms with E-state index in [4.69, 9.17) is 9.47 Å². The number of carbonyl (C=O) groups excluding carboxylic acids is 5. The van der Waals surface area contributed by atoms with Crippen molar-refractivity contribution in [3.63, 3.8) is 0 Å². The highest BCUT2D eigenvalue weighted by Crippen LogP contribution is 2.22. The van der Waals surface area contributed by atoms with Gasteiger partial charge in [-0.15, -0.1) is 0 Å². The standard InChI is InChI=1S/C46H65N9O10S/c1-7-36(47-5)45(60)51-20-11-23-65-22-10-19-50-41(57)16-15-40(56)49-18-9-21-55-29-35(42(58)34-14-13-33(26-38(34)55)27-52-39-12-8-17-48-39)44(59)53-28-37(46(61)64-6)54-66(62,63)43-31(3)24-30(2)25-32(43)4/h8,13-14,17,24-26,29,36-37,47,54H,7,9-12,15-16,18-23,27-28H2,1-6H3,(H,48,52)(H,49,56)(H,50,57)(H,51,60)(H,53,59)/t36?,37-/m0/s1. The number of amides is 4. The number of nitrogens with one attached hydrogen (secondary N) is 7. The summed E-state index contributed by atoms with van der Waals surface area (Å²) in [6.45, 7) is 9.22. The zero-order valence-electron chi connectivity index (χ0n) is 38.8. The van der Waals surface area contributed by atoms with Crippen molar-refractivity contribution in [1.29, 1.82) is 0 Å². The lowest BCUT2D eigenvalue weighted by atomic mass is 10.1. The lowest BCUT2D eigenvalue weighted by Crippen LogP contribution is -2.49. The minimum atomic E-state index is -4.25. The Hall–Kier alpha value is -5.96. The van der Waals surface area contributed by atoms with Crippen LogP contribution in [0, 0.1) is 20.8 Å². The lowest BCUT2D eigenvalue weighted by molar-refractivity contribution is -0.142. The van der Waals surface area contributed by atoms with Crippen molar-refractivity contribution >= 4 is 56.4 Å². The Kier molecular flexibility index (Phi) is 20.9. The van der Waals surface area contributed by atoms with Gasteiger partial charge in [0.05, 0.1) is 30.1 Å². The number of esters is 1. The molecule has 2 atom stereocenters. The molecule has 360 valence electrons. The number of methoxy groups -OCH3 is 1. The van der Waals surface area contributed by atoms with Crippen LogP contribution in [0.15, 0.2) is 63.5 Å². The number of hydrogen-bond donors (Lipinski definition) is 7. The second-order valence-electron chi connectivity index (χ2n) is 16.0. The molecular weight excluding hydrogens is 871 g/mol. The van der Waals surface area contributed by atoms with Gasteiger partial charge in [-0.2, -0.15) is 4.72 Å². The number of likely N-dealkylation sites (N-methyl/N-ethyl adjacent to an activating group) is 1. The van der Waals surface area contributed by atoms with Crippen LogP contribution < -0.4 is 42.1 Å². The predicted octanol–water partition coefficient (Wildman–Crippen LogP) is 1.90. The Balaban J connectivity index is 1.34. The summed E-state index contributed by atoms with van der Waals surface area (Å²) in [6.07, 6.45) is 8.19. The fourth-order valence-corrected chi connectivity index (χ4v) is 9.06. The topological polar surface area (TPSA) is 257 Å². The zero-order valence-corrected chi connectivity index (χ0v) is 39.6. The molecule has 19 nitrogen and oxygen atoms in total. The predicted molar refractivity (Wildman–Crippen MR) is 251 cm³/mol. The molecule has 1 aliphatic rings. The van der Waals surface area contributed by atoms with Crippen molar-refractivity contribution < 1.29 is 41.9 Å². The van der Waals surface area contributed by atoms with E-state index in [1.807, 2.05) is 32.2 Å². The van der Waals surface area contributed by atoms with Crippen LogP contribution in [0.1, 0.15) is 84.5 Å². The van der Waals surface area contributed by atoms with Gasteiger partial charge in [-0.3, -0.25) is 33.8 Å². The summed E-state index contributed by atoms with van der Waals surface area (Å²) in [5.41, 5.74) is 2.34. The molecule has 0 aliphatic carbocycles. The van der Waals surface area contributed by atoms with Crippen molar-refractivity contribution in [3.05, 3.63) is 86.8 Å². The fraction of sp³-hybridized carbons (Fsp3) is 0.500. The number of ether oxygens (including phenoxy) is 2. The van der Waals surface area contributed by atoms with Gasteiger partial charge in [0.1, 0.15) is 17.4 Å². The van der Waals surface area contributed by atoms with Gasteiger partial charge >= 0.3 is 5.97 Å². The van der Waals surface area contributed by atoms with Gasteiger partial charge in [-0.1, -0.05) is 36.8 Å². The number of rotatable bonds is 27. The maximum absolute atomic E-state index is 13.9. The average Bonchev–Trinajstić information content (AvgIpc) is 3.81. The quantitative estimate of drug-likeness (QED) is 0.0428. The van der Waals surface area contributed by atoms with Gasteiger partial charge in [0.2, 0.25) is 33.2 Å². The van der Waals surface area contributed by atoms with E-state index >= 15 is 0 Å². The molecule has 0 bridgehead atoms. The molecule has 0 spiro atoms. The van der Waals surface area contributed by atoms with Crippen LogP contribution in [0.5, 0.6) is 0 Å². The normalized spacial score (nSPS) is 13.8. The Labute approximate surface area is 386 Å². The second kappa shape index (κ2) is 26.3. The monoisotopic (exact) mass is 935 g/mol. The van der Waals surface area contributed by atoms with E-state index < -0.39 is 39.9 Å². The number of fused-ring (bicyclic) bond motifs is 1. The van der Waals surface area contributed by atoms with Crippen LogP contribution in [0.4, 0.5) is 0 Å². The molecule has 4 amide bonds. The Bertz CT molecular complexity index is 2400. The molecule has 2 aromatic carbocycles.